The number of oxime groups is 1. The molecule has 2 amide bonds. The Kier molecular flexibility index (Phi) is 8.87. The van der Waals surface area contributed by atoms with Gasteiger partial charge in [-0.2, -0.15) is 22.5 Å². The van der Waals surface area contributed by atoms with Crippen molar-refractivity contribution in [1.29, 1.82) is 0 Å². The van der Waals surface area contributed by atoms with Gasteiger partial charge < -0.3 is 21.0 Å². The number of β-lactam (4-membered cyclic amide) rings is 1. The summed E-state index contributed by atoms with van der Waals surface area (Å²) >= 11 is 3.15. The lowest BCUT2D eigenvalue weighted by molar-refractivity contribution is -0.150. The zero-order chi connectivity index (χ0) is 31.6. The minimum Gasteiger partial charge on any atom is -0.477 e. The minimum atomic E-state index is -4.65. The summed E-state index contributed by atoms with van der Waals surface area (Å²) in [6, 6.07) is 2.64. The molecule has 4 heterocycles. The van der Waals surface area contributed by atoms with Crippen molar-refractivity contribution in [2.45, 2.75) is 29.3 Å². The minimum absolute atomic E-state index is 0.0338. The van der Waals surface area contributed by atoms with Crippen molar-refractivity contribution in [2.75, 3.05) is 17.2 Å². The topological polar surface area (TPSA) is 204 Å². The Morgan fingerprint density at radius 2 is 2.16 bits per heavy atom. The molecule has 2 aliphatic heterocycles. The van der Waals surface area contributed by atoms with Gasteiger partial charge in [0.25, 0.3) is 11.8 Å². The number of aromatic nitrogens is 6. The van der Waals surface area contributed by atoms with Gasteiger partial charge in [-0.05, 0) is 34.2 Å². The molecule has 0 aliphatic carbocycles. The number of fused-ring (bicyclic) bond motifs is 1. The number of allylic oxidation sites excluding steroid dienone is 1. The van der Waals surface area contributed by atoms with Crippen LogP contribution in [0.5, 0.6) is 5.75 Å². The van der Waals surface area contributed by atoms with Crippen molar-refractivity contribution in [2.24, 2.45) is 5.16 Å². The number of tetrazole rings is 1. The standard InChI is InChI=1S/C23H19F3N10O5S3/c1-2-6-35-22(30-33-34-35)43-9-10-8-42-19-14(18(38)36(19)15(10)20(39)40)28-17(37)13(16-29-21(27)44-32-16)31-41-12-5-3-4-11(7-12)23(24,25)26/h2-5,7,14,19H,1,6,8-9H2,(H,28,37)(H,39,40)(H2,27,29,32)/t14?,19-/m0/s1. The number of carbonyl (C=O) groups excluding carboxylic acids is 2. The van der Waals surface area contributed by atoms with Crippen LogP contribution in [-0.4, -0.2) is 86.0 Å². The summed E-state index contributed by atoms with van der Waals surface area (Å²) in [6.45, 7) is 3.98. The van der Waals surface area contributed by atoms with Crippen LogP contribution >= 0.6 is 35.1 Å². The highest BCUT2D eigenvalue weighted by Gasteiger charge is 2.54. The number of nitrogens with one attached hydrogen (secondary N) is 1. The lowest BCUT2D eigenvalue weighted by Crippen LogP contribution is -2.71. The number of anilines is 1. The van der Waals surface area contributed by atoms with Crippen LogP contribution in [0, 0.1) is 0 Å². The van der Waals surface area contributed by atoms with Gasteiger partial charge in [0.05, 0.1) is 12.1 Å². The maximum absolute atomic E-state index is 13.3. The van der Waals surface area contributed by atoms with E-state index in [4.69, 9.17) is 10.6 Å². The molecule has 0 spiro atoms. The van der Waals surface area contributed by atoms with E-state index in [1.807, 2.05) is 0 Å². The summed E-state index contributed by atoms with van der Waals surface area (Å²) in [5.41, 5.74) is 4.30. The van der Waals surface area contributed by atoms with Crippen LogP contribution in [0.2, 0.25) is 0 Å². The van der Waals surface area contributed by atoms with Crippen LogP contribution in [0.4, 0.5) is 18.3 Å². The molecule has 1 unspecified atom stereocenters. The third kappa shape index (κ3) is 6.38. The molecule has 0 bridgehead atoms. The van der Waals surface area contributed by atoms with E-state index in [1.165, 1.54) is 34.3 Å². The SMILES string of the molecule is C=CCn1nnnc1SCC1=C(C(=O)O)N2C(=O)C(NC(=O)C(=NOc3cccc(C(F)(F)F)c3)c3nsc(N)n3)[C@@H]2SC1. The van der Waals surface area contributed by atoms with Gasteiger partial charge in [-0.3, -0.25) is 14.5 Å². The highest BCUT2D eigenvalue weighted by Crippen LogP contribution is 2.41. The van der Waals surface area contributed by atoms with Crippen molar-refractivity contribution in [1.82, 2.24) is 39.8 Å². The van der Waals surface area contributed by atoms with E-state index in [1.54, 1.807) is 6.08 Å². The number of carboxylic acids is 1. The fraction of sp³-hybridized carbons (Fsp3) is 0.261. The lowest BCUT2D eigenvalue weighted by atomic mass is 10.0. The molecule has 4 N–H and O–H groups in total. The fourth-order valence-electron chi connectivity index (χ4n) is 4.04. The number of halogens is 3. The predicted molar refractivity (Wildman–Crippen MR) is 151 cm³/mol. The van der Waals surface area contributed by atoms with Crippen LogP contribution in [0.3, 0.4) is 0 Å². The number of aliphatic carboxylic acids is 1. The van der Waals surface area contributed by atoms with E-state index < -0.39 is 46.7 Å². The van der Waals surface area contributed by atoms with Gasteiger partial charge in [0.1, 0.15) is 17.1 Å². The van der Waals surface area contributed by atoms with E-state index >= 15 is 0 Å². The Hall–Kier alpha value is -4.50. The number of hydrogen-bond donors (Lipinski definition) is 3. The summed E-state index contributed by atoms with van der Waals surface area (Å²) in [4.78, 5) is 48.7. The third-order valence-electron chi connectivity index (χ3n) is 5.99. The Labute approximate surface area is 257 Å². The average molecular weight is 669 g/mol. The van der Waals surface area contributed by atoms with Crippen molar-refractivity contribution in [3.63, 3.8) is 0 Å². The second-order valence-corrected chi connectivity index (χ2v) is 11.7. The van der Waals surface area contributed by atoms with Gasteiger partial charge in [0.15, 0.2) is 10.9 Å². The summed E-state index contributed by atoms with van der Waals surface area (Å²) in [7, 11) is 0. The smallest absolute Gasteiger partial charge is 0.416 e. The van der Waals surface area contributed by atoms with Crippen molar-refractivity contribution in [3.05, 3.63) is 59.6 Å². The number of nitrogens with zero attached hydrogens (tertiary/aromatic N) is 8. The van der Waals surface area contributed by atoms with Crippen LogP contribution in [-0.2, 0) is 27.1 Å². The number of nitrogen functional groups attached to an aromatic ring is 1. The normalized spacial score (nSPS) is 18.5. The predicted octanol–water partition coefficient (Wildman–Crippen LogP) is 1.63. The Morgan fingerprint density at radius 1 is 1.36 bits per heavy atom. The molecule has 2 aromatic heterocycles. The molecule has 44 heavy (non-hydrogen) atoms. The van der Waals surface area contributed by atoms with Gasteiger partial charge in [-0.1, -0.05) is 29.1 Å². The summed E-state index contributed by atoms with van der Waals surface area (Å²) in [5.74, 6) is -3.24. The molecule has 0 radical (unpaired) electrons. The number of nitrogens with two attached hydrogens (primary N) is 1. The number of rotatable bonds is 11. The molecular formula is C23H19F3N10O5S3. The van der Waals surface area contributed by atoms with Crippen LogP contribution < -0.4 is 15.9 Å². The van der Waals surface area contributed by atoms with Crippen LogP contribution in [0.15, 0.2) is 58.5 Å². The highest BCUT2D eigenvalue weighted by molar-refractivity contribution is 8.01. The Bertz CT molecular complexity index is 1690. The first kappa shape index (κ1) is 30.9. The molecule has 1 aromatic carbocycles. The van der Waals surface area contributed by atoms with E-state index in [-0.39, 0.29) is 33.9 Å². The van der Waals surface area contributed by atoms with E-state index in [0.717, 1.165) is 28.6 Å². The van der Waals surface area contributed by atoms with E-state index in [9.17, 15) is 32.7 Å². The van der Waals surface area contributed by atoms with Crippen molar-refractivity contribution >= 4 is 63.7 Å². The molecule has 0 saturated carbocycles. The van der Waals surface area contributed by atoms with Gasteiger partial charge in [-0.25, -0.2) is 9.48 Å². The van der Waals surface area contributed by atoms with E-state index in [0.29, 0.717) is 23.3 Å². The Morgan fingerprint density at radius 3 is 2.84 bits per heavy atom. The number of carboxylic acid groups (broad SMARTS) is 1. The first-order chi connectivity index (χ1) is 21.0. The zero-order valence-electron chi connectivity index (χ0n) is 22.0. The molecular weight excluding hydrogens is 650 g/mol. The molecule has 230 valence electrons. The third-order valence-corrected chi connectivity index (χ3v) is 8.91. The van der Waals surface area contributed by atoms with Crippen LogP contribution in [0.25, 0.3) is 0 Å². The number of hydrogen-bond acceptors (Lipinski definition) is 14. The number of amides is 2. The van der Waals surface area contributed by atoms with Crippen LogP contribution in [0.1, 0.15) is 11.4 Å². The summed E-state index contributed by atoms with van der Waals surface area (Å²) in [6.07, 6.45) is -3.05. The van der Waals surface area contributed by atoms with Gasteiger partial charge in [0, 0.05) is 23.0 Å². The molecule has 15 nitrogen and oxygen atoms in total. The molecule has 2 atom stereocenters. The lowest BCUT2D eigenvalue weighted by Gasteiger charge is -2.49. The maximum Gasteiger partial charge on any atom is 0.416 e. The molecule has 1 fully saturated rings. The molecule has 1 saturated heterocycles. The second kappa shape index (κ2) is 12.6. The average Bonchev–Trinajstić information content (AvgIpc) is 3.62. The number of thioether (sulfide) groups is 2. The monoisotopic (exact) mass is 668 g/mol. The number of benzene rings is 1. The van der Waals surface area contributed by atoms with Crippen molar-refractivity contribution in [3.8, 4) is 5.75 Å². The second-order valence-electron chi connectivity index (χ2n) is 8.85. The van der Waals surface area contributed by atoms with Gasteiger partial charge in [-0.15, -0.1) is 23.4 Å². The Balaban J connectivity index is 1.33. The van der Waals surface area contributed by atoms with E-state index in [2.05, 4.69) is 41.9 Å². The number of carbonyl (C=O) groups is 3. The molecule has 5 rings (SSSR count). The largest absolute Gasteiger partial charge is 0.477 e. The molecule has 2 aliphatic rings. The first-order valence-corrected chi connectivity index (χ1v) is 15.0. The fourth-order valence-corrected chi connectivity index (χ4v) is 6.84. The van der Waals surface area contributed by atoms with Gasteiger partial charge >= 0.3 is 12.1 Å². The molecule has 3 aromatic rings. The quantitative estimate of drug-likeness (QED) is 0.0875. The zero-order valence-corrected chi connectivity index (χ0v) is 24.4. The highest BCUT2D eigenvalue weighted by atomic mass is 32.2. The first-order valence-electron chi connectivity index (χ1n) is 12.2. The maximum atomic E-state index is 13.3. The molecule has 21 heteroatoms. The summed E-state index contributed by atoms with van der Waals surface area (Å²) < 4.78 is 44.7. The summed E-state index contributed by atoms with van der Waals surface area (Å²) in [5, 5.41) is 27.1. The van der Waals surface area contributed by atoms with Crippen molar-refractivity contribution < 1.29 is 37.5 Å². The van der Waals surface area contributed by atoms with Gasteiger partial charge in [0.2, 0.25) is 16.7 Å². The number of alkyl halides is 3.